The van der Waals surface area contributed by atoms with E-state index in [4.69, 9.17) is 5.73 Å². The van der Waals surface area contributed by atoms with Crippen molar-refractivity contribution < 1.29 is 9.59 Å². The summed E-state index contributed by atoms with van der Waals surface area (Å²) in [5.74, 6) is -0.469. The van der Waals surface area contributed by atoms with Crippen LogP contribution in [0.1, 0.15) is 22.8 Å². The molecule has 0 saturated heterocycles. The monoisotopic (exact) mass is 271 g/mol. The molecule has 0 bridgehead atoms. The van der Waals surface area contributed by atoms with Gasteiger partial charge in [0.1, 0.15) is 0 Å². The van der Waals surface area contributed by atoms with Crippen LogP contribution in [-0.2, 0) is 4.79 Å². The van der Waals surface area contributed by atoms with E-state index < -0.39 is 6.04 Å². The summed E-state index contributed by atoms with van der Waals surface area (Å²) in [7, 11) is 1.56. The summed E-state index contributed by atoms with van der Waals surface area (Å²) >= 11 is 0. The van der Waals surface area contributed by atoms with Crippen LogP contribution in [0.4, 0.5) is 5.69 Å². The molecule has 0 aliphatic rings. The summed E-state index contributed by atoms with van der Waals surface area (Å²) in [6.07, 6.45) is 0. The first kappa shape index (κ1) is 16.4. The quantitative estimate of drug-likeness (QED) is 0.769. The van der Waals surface area contributed by atoms with Gasteiger partial charge in [-0.05, 0) is 31.5 Å². The van der Waals surface area contributed by atoms with Crippen molar-refractivity contribution in [3.8, 4) is 0 Å². The molecule has 6 heteroatoms. The van der Waals surface area contributed by atoms with Gasteiger partial charge in [-0.25, -0.2) is 0 Å². The fourth-order valence-corrected chi connectivity index (χ4v) is 1.29. The van der Waals surface area contributed by atoms with E-state index in [2.05, 4.69) is 10.6 Å². The average molecular weight is 272 g/mol. The molecule has 2 amide bonds. The minimum Gasteiger partial charge on any atom is -0.355 e. The van der Waals surface area contributed by atoms with E-state index in [9.17, 15) is 9.59 Å². The van der Waals surface area contributed by atoms with E-state index in [-0.39, 0.29) is 24.2 Å². The third-order valence-corrected chi connectivity index (χ3v) is 2.40. The predicted molar refractivity (Wildman–Crippen MR) is 74.1 cm³/mol. The Kier molecular flexibility index (Phi) is 6.36. The summed E-state index contributed by atoms with van der Waals surface area (Å²) < 4.78 is 0. The Morgan fingerprint density at radius 3 is 2.44 bits per heavy atom. The molecule has 4 N–H and O–H groups in total. The number of hydrogen-bond acceptors (Lipinski definition) is 3. The smallest absolute Gasteiger partial charge is 0.251 e. The number of anilines is 1. The zero-order chi connectivity index (χ0) is 13.0. The van der Waals surface area contributed by atoms with Crippen molar-refractivity contribution in [2.24, 2.45) is 5.73 Å². The summed E-state index contributed by atoms with van der Waals surface area (Å²) in [5.41, 5.74) is 7.45. The van der Waals surface area contributed by atoms with Crippen molar-refractivity contribution in [3.63, 3.8) is 0 Å². The lowest BCUT2D eigenvalue weighted by Crippen LogP contribution is -2.32. The molecule has 1 rings (SSSR count). The number of nitrogens with one attached hydrogen (secondary N) is 2. The molecule has 1 aromatic rings. The normalized spacial score (nSPS) is 11.1. The van der Waals surface area contributed by atoms with E-state index in [1.165, 1.54) is 0 Å². The van der Waals surface area contributed by atoms with Crippen LogP contribution in [0.2, 0.25) is 0 Å². The number of aryl methyl sites for hydroxylation is 1. The Bertz CT molecular complexity index is 447. The molecule has 1 atom stereocenters. The van der Waals surface area contributed by atoms with E-state index in [1.54, 1.807) is 32.2 Å². The molecule has 0 saturated carbocycles. The number of benzene rings is 1. The summed E-state index contributed by atoms with van der Waals surface area (Å²) in [6.45, 7) is 3.46. The molecule has 1 aromatic carbocycles. The van der Waals surface area contributed by atoms with Crippen LogP contribution in [0.15, 0.2) is 18.2 Å². The van der Waals surface area contributed by atoms with Crippen LogP contribution in [0, 0.1) is 6.92 Å². The van der Waals surface area contributed by atoms with Gasteiger partial charge < -0.3 is 16.4 Å². The number of hydrogen-bond donors (Lipinski definition) is 3. The second-order valence-corrected chi connectivity index (χ2v) is 3.89. The zero-order valence-electron chi connectivity index (χ0n) is 10.6. The third-order valence-electron chi connectivity index (χ3n) is 2.40. The van der Waals surface area contributed by atoms with Crippen LogP contribution >= 0.6 is 12.4 Å². The molecule has 18 heavy (non-hydrogen) atoms. The molecule has 0 aliphatic carbocycles. The summed E-state index contributed by atoms with van der Waals surface area (Å²) in [6, 6.07) is 4.53. The van der Waals surface area contributed by atoms with Crippen LogP contribution in [0.3, 0.4) is 0 Å². The number of amides is 2. The van der Waals surface area contributed by atoms with Gasteiger partial charge in [0.15, 0.2) is 0 Å². The van der Waals surface area contributed by atoms with Gasteiger partial charge in [0, 0.05) is 18.3 Å². The second-order valence-electron chi connectivity index (χ2n) is 3.89. The van der Waals surface area contributed by atoms with Gasteiger partial charge in [-0.2, -0.15) is 0 Å². The zero-order valence-corrected chi connectivity index (χ0v) is 11.4. The Hall–Kier alpha value is -1.59. The lowest BCUT2D eigenvalue weighted by molar-refractivity contribution is -0.117. The van der Waals surface area contributed by atoms with Crippen LogP contribution in [0.25, 0.3) is 0 Å². The fourth-order valence-electron chi connectivity index (χ4n) is 1.29. The highest BCUT2D eigenvalue weighted by molar-refractivity contribution is 5.98. The lowest BCUT2D eigenvalue weighted by Gasteiger charge is -2.11. The second kappa shape index (κ2) is 6.98. The Labute approximate surface area is 113 Å². The van der Waals surface area contributed by atoms with E-state index in [1.807, 2.05) is 6.92 Å². The van der Waals surface area contributed by atoms with Crippen molar-refractivity contribution in [1.29, 1.82) is 0 Å². The summed E-state index contributed by atoms with van der Waals surface area (Å²) in [4.78, 5) is 22.9. The maximum absolute atomic E-state index is 11.5. The fraction of sp³-hybridized carbons (Fsp3) is 0.333. The number of halogens is 1. The molecule has 0 heterocycles. The number of nitrogens with two attached hydrogens (primary N) is 1. The van der Waals surface area contributed by atoms with Gasteiger partial charge in [0.25, 0.3) is 5.91 Å². The Morgan fingerprint density at radius 1 is 1.33 bits per heavy atom. The van der Waals surface area contributed by atoms with E-state index >= 15 is 0 Å². The third kappa shape index (κ3) is 4.01. The molecule has 0 aromatic heterocycles. The highest BCUT2D eigenvalue weighted by atomic mass is 35.5. The van der Waals surface area contributed by atoms with Gasteiger partial charge >= 0.3 is 0 Å². The molecular formula is C12H18ClN3O2. The molecular weight excluding hydrogens is 254 g/mol. The first-order chi connectivity index (χ1) is 7.95. The van der Waals surface area contributed by atoms with Gasteiger partial charge in [-0.1, -0.05) is 6.07 Å². The van der Waals surface area contributed by atoms with Crippen LogP contribution < -0.4 is 16.4 Å². The molecule has 100 valence electrons. The minimum atomic E-state index is -0.585. The van der Waals surface area contributed by atoms with Crippen LogP contribution in [0.5, 0.6) is 0 Å². The predicted octanol–water partition coefficient (Wildman–Crippen LogP) is 1.06. The molecule has 5 nitrogen and oxygen atoms in total. The maximum atomic E-state index is 11.5. The molecule has 0 fully saturated rings. The molecule has 0 spiro atoms. The SMILES string of the molecule is CNC(=O)c1ccc(C)c(NC(=O)C(C)N)c1.Cl. The average Bonchev–Trinajstić information content (AvgIpc) is 2.30. The largest absolute Gasteiger partial charge is 0.355 e. The van der Waals surface area contributed by atoms with Crippen molar-refractivity contribution in [3.05, 3.63) is 29.3 Å². The molecule has 1 unspecified atom stereocenters. The van der Waals surface area contributed by atoms with Gasteiger partial charge in [-0.15, -0.1) is 12.4 Å². The highest BCUT2D eigenvalue weighted by Crippen LogP contribution is 2.17. The van der Waals surface area contributed by atoms with E-state index in [0.717, 1.165) is 5.56 Å². The Morgan fingerprint density at radius 2 is 1.94 bits per heavy atom. The van der Waals surface area contributed by atoms with Crippen LogP contribution in [-0.4, -0.2) is 24.9 Å². The highest BCUT2D eigenvalue weighted by Gasteiger charge is 2.11. The first-order valence-electron chi connectivity index (χ1n) is 5.35. The lowest BCUT2D eigenvalue weighted by atomic mass is 10.1. The number of carbonyl (C=O) groups excluding carboxylic acids is 2. The van der Waals surface area contributed by atoms with Crippen molar-refractivity contribution in [1.82, 2.24) is 5.32 Å². The van der Waals surface area contributed by atoms with Crippen molar-refractivity contribution in [2.75, 3.05) is 12.4 Å². The van der Waals surface area contributed by atoms with Gasteiger partial charge in [0.2, 0.25) is 5.91 Å². The molecule has 0 radical (unpaired) electrons. The van der Waals surface area contributed by atoms with Crippen molar-refractivity contribution >= 4 is 29.9 Å². The molecule has 0 aliphatic heterocycles. The maximum Gasteiger partial charge on any atom is 0.251 e. The first-order valence-corrected chi connectivity index (χ1v) is 5.35. The van der Waals surface area contributed by atoms with Gasteiger partial charge in [0.05, 0.1) is 6.04 Å². The standard InChI is InChI=1S/C12H17N3O2.ClH/c1-7-4-5-9(12(17)14-3)6-10(7)15-11(16)8(2)13;/h4-6,8H,13H2,1-3H3,(H,14,17)(H,15,16);1H. The minimum absolute atomic E-state index is 0. The van der Waals surface area contributed by atoms with E-state index in [0.29, 0.717) is 11.3 Å². The van der Waals surface area contributed by atoms with Gasteiger partial charge in [-0.3, -0.25) is 9.59 Å². The summed E-state index contributed by atoms with van der Waals surface area (Å²) in [5, 5.41) is 5.21. The Balaban J connectivity index is 0.00000289. The topological polar surface area (TPSA) is 84.2 Å². The van der Waals surface area contributed by atoms with Crippen molar-refractivity contribution in [2.45, 2.75) is 19.9 Å². The number of carbonyl (C=O) groups is 2. The number of rotatable bonds is 3.